The molecule has 0 unspecified atom stereocenters. The van der Waals surface area contributed by atoms with Gasteiger partial charge in [0.25, 0.3) is 0 Å². The van der Waals surface area contributed by atoms with Crippen LogP contribution < -0.4 is 20.4 Å². The SMILES string of the molecule is O=C([O-])CN(CC(=O)[O-])Cc1cccc(-c2cc(C34OOC(c5ccccc53)c3ccccc34)cc(-c3cccc(CN(CC(=O)[O-])CC(=O)[O-])n3)n2)n1. The van der Waals surface area contributed by atoms with Crippen molar-refractivity contribution < 1.29 is 49.4 Å². The number of carbonyl (C=O) groups excluding carboxylic acids is 4. The Morgan fingerprint density at radius 1 is 0.556 bits per heavy atom. The van der Waals surface area contributed by atoms with Gasteiger partial charge in [-0.25, -0.2) is 24.7 Å². The number of fused-ring (bicyclic) bond motifs is 1. The average molecular weight is 728 g/mol. The fourth-order valence-electron chi connectivity index (χ4n) is 7.02. The lowest BCUT2D eigenvalue weighted by Crippen LogP contribution is -2.44. The second kappa shape index (κ2) is 14.9. The highest BCUT2D eigenvalue weighted by Gasteiger charge is 2.53. The molecule has 0 saturated carbocycles. The van der Waals surface area contributed by atoms with Gasteiger partial charge in [-0.3, -0.25) is 9.80 Å². The second-order valence-corrected chi connectivity index (χ2v) is 12.8. The Balaban J connectivity index is 1.38. The van der Waals surface area contributed by atoms with Crippen molar-refractivity contribution in [3.05, 3.63) is 136 Å². The molecule has 0 amide bonds. The van der Waals surface area contributed by atoms with E-state index in [0.717, 1.165) is 32.1 Å². The van der Waals surface area contributed by atoms with E-state index in [1.807, 2.05) is 48.5 Å². The van der Waals surface area contributed by atoms with Gasteiger partial charge in [0, 0.05) is 56.0 Å². The molecule has 274 valence electrons. The summed E-state index contributed by atoms with van der Waals surface area (Å²) < 4.78 is 0. The zero-order valence-electron chi connectivity index (χ0n) is 28.4. The summed E-state index contributed by atoms with van der Waals surface area (Å²) in [7, 11) is 0. The van der Waals surface area contributed by atoms with Crippen molar-refractivity contribution in [3.63, 3.8) is 0 Å². The second-order valence-electron chi connectivity index (χ2n) is 12.8. The molecule has 0 atom stereocenters. The molecule has 0 radical (unpaired) electrons. The Bertz CT molecular complexity index is 2100. The van der Waals surface area contributed by atoms with E-state index in [1.165, 1.54) is 0 Å². The van der Waals surface area contributed by atoms with Crippen molar-refractivity contribution in [1.82, 2.24) is 24.8 Å². The van der Waals surface area contributed by atoms with Crippen molar-refractivity contribution in [2.45, 2.75) is 24.8 Å². The zero-order valence-corrected chi connectivity index (χ0v) is 28.4. The molecule has 2 aliphatic heterocycles. The van der Waals surface area contributed by atoms with E-state index in [2.05, 4.69) is 0 Å². The summed E-state index contributed by atoms with van der Waals surface area (Å²) in [4.78, 5) is 74.5. The Morgan fingerprint density at radius 2 is 0.981 bits per heavy atom. The van der Waals surface area contributed by atoms with Crippen LogP contribution in [0.1, 0.15) is 45.3 Å². The fraction of sp³-hybridized carbons (Fsp3) is 0.205. The molecule has 5 heterocycles. The van der Waals surface area contributed by atoms with Crippen molar-refractivity contribution >= 4 is 23.9 Å². The first-order chi connectivity index (χ1) is 26.0. The maximum absolute atomic E-state index is 11.4. The molecule has 15 heteroatoms. The third-order valence-corrected chi connectivity index (χ3v) is 9.07. The molecule has 2 aromatic carbocycles. The lowest BCUT2D eigenvalue weighted by molar-refractivity contribution is -0.386. The third-order valence-electron chi connectivity index (χ3n) is 9.07. The molecule has 2 bridgehead atoms. The molecular weight excluding hydrogens is 698 g/mol. The van der Waals surface area contributed by atoms with Crippen LogP contribution in [0.25, 0.3) is 22.8 Å². The maximum Gasteiger partial charge on any atom is 0.179 e. The number of benzene rings is 2. The number of carbonyl (C=O) groups is 4. The van der Waals surface area contributed by atoms with Crippen LogP contribution in [0.3, 0.4) is 0 Å². The Labute approximate surface area is 307 Å². The molecule has 0 fully saturated rings. The first kappa shape index (κ1) is 36.0. The monoisotopic (exact) mass is 727 g/mol. The van der Waals surface area contributed by atoms with E-state index in [4.69, 9.17) is 24.7 Å². The van der Waals surface area contributed by atoms with Crippen LogP contribution in [0.15, 0.2) is 97.1 Å². The van der Waals surface area contributed by atoms with Crippen LogP contribution >= 0.6 is 0 Å². The number of pyridine rings is 3. The molecule has 0 saturated heterocycles. The Morgan fingerprint density at radius 3 is 1.41 bits per heavy atom. The standard InChI is InChI=1S/C39H33N5O10/c45-34(46)19-43(20-35(47)48)17-24-7-5-13-30(40-24)32-15-23(39-28-11-3-1-9-26(28)38(53-54-39)27-10-2-4-12-29(27)39)16-33(42-32)31-14-6-8-25(41-31)18-44(21-36(49)50)22-37(51)52/h1-16,38H,17-22H2,(H,45,46)(H,47,48)(H,49,50)(H,51,52)/p-4. The van der Waals surface area contributed by atoms with Gasteiger partial charge in [-0.1, -0.05) is 60.7 Å². The Kier molecular flexibility index (Phi) is 9.94. The highest BCUT2D eigenvalue weighted by atomic mass is 17.2. The van der Waals surface area contributed by atoms with E-state index in [0.29, 0.717) is 39.7 Å². The van der Waals surface area contributed by atoms with E-state index in [-0.39, 0.29) is 13.1 Å². The maximum atomic E-state index is 11.4. The zero-order chi connectivity index (χ0) is 38.0. The molecule has 3 aromatic heterocycles. The number of nitrogens with zero attached hydrogens (tertiary/aromatic N) is 5. The number of carboxylic acids is 4. The molecular formula is C39H29N5O10-4. The van der Waals surface area contributed by atoms with Crippen molar-refractivity contribution in [2.24, 2.45) is 0 Å². The lowest BCUT2D eigenvalue weighted by Gasteiger charge is -2.47. The largest absolute Gasteiger partial charge is 0.549 e. The highest BCUT2D eigenvalue weighted by molar-refractivity contribution is 5.72. The summed E-state index contributed by atoms with van der Waals surface area (Å²) in [5.41, 5.74) is 4.88. The normalized spacial score (nSPS) is 16.9. The summed E-state index contributed by atoms with van der Waals surface area (Å²) in [5.74, 6) is -5.86. The van der Waals surface area contributed by atoms with Gasteiger partial charge in [0.15, 0.2) is 5.60 Å². The third kappa shape index (κ3) is 7.29. The number of aliphatic carboxylic acids is 4. The van der Waals surface area contributed by atoms with Gasteiger partial charge in [-0.15, -0.1) is 0 Å². The van der Waals surface area contributed by atoms with Crippen LogP contribution in [0.5, 0.6) is 0 Å². The smallest absolute Gasteiger partial charge is 0.179 e. The molecule has 0 spiro atoms. The minimum atomic E-state index is -1.47. The molecule has 5 aromatic rings. The van der Waals surface area contributed by atoms with E-state index < -0.39 is 61.8 Å². The van der Waals surface area contributed by atoms with Gasteiger partial charge in [0.2, 0.25) is 0 Å². The minimum absolute atomic E-state index is 0.150. The van der Waals surface area contributed by atoms with Crippen molar-refractivity contribution in [1.29, 1.82) is 0 Å². The number of hydrogen-bond donors (Lipinski definition) is 0. The van der Waals surface area contributed by atoms with Crippen LogP contribution in [-0.4, -0.2) is 74.8 Å². The van der Waals surface area contributed by atoms with E-state index in [1.54, 1.807) is 48.5 Å². The van der Waals surface area contributed by atoms with Gasteiger partial charge < -0.3 is 39.6 Å². The number of carboxylic acid groups (broad SMARTS) is 4. The molecule has 15 nitrogen and oxygen atoms in total. The average Bonchev–Trinajstić information content (AvgIpc) is 3.14. The predicted molar refractivity (Wildman–Crippen MR) is 178 cm³/mol. The van der Waals surface area contributed by atoms with Gasteiger partial charge in [0.05, 0.1) is 58.0 Å². The van der Waals surface area contributed by atoms with Crippen LogP contribution in [-0.2, 0) is 47.6 Å². The summed E-state index contributed by atoms with van der Waals surface area (Å²) in [5, 5.41) is 45.4. The fourth-order valence-corrected chi connectivity index (χ4v) is 7.02. The molecule has 0 N–H and O–H groups in total. The summed E-state index contributed by atoms with van der Waals surface area (Å²) >= 11 is 0. The van der Waals surface area contributed by atoms with Gasteiger partial charge >= 0.3 is 0 Å². The van der Waals surface area contributed by atoms with Crippen molar-refractivity contribution in [2.75, 3.05) is 26.2 Å². The summed E-state index contributed by atoms with van der Waals surface area (Å²) in [6, 6.07) is 29.1. The van der Waals surface area contributed by atoms with E-state index in [9.17, 15) is 39.6 Å². The molecule has 54 heavy (non-hydrogen) atoms. The van der Waals surface area contributed by atoms with Gasteiger partial charge in [-0.2, -0.15) is 0 Å². The summed E-state index contributed by atoms with van der Waals surface area (Å²) in [6.45, 7) is -2.95. The Hall–Kier alpha value is -6.39. The van der Waals surface area contributed by atoms with Crippen LogP contribution in [0, 0.1) is 0 Å². The molecule has 3 aliphatic rings. The molecule has 8 rings (SSSR count). The highest BCUT2D eigenvalue weighted by Crippen LogP contribution is 2.56. The quantitative estimate of drug-likeness (QED) is 0.112. The van der Waals surface area contributed by atoms with Gasteiger partial charge in [-0.05, 0) is 47.5 Å². The lowest BCUT2D eigenvalue weighted by atomic mass is 9.69. The first-order valence-corrected chi connectivity index (χ1v) is 16.7. The number of rotatable bonds is 15. The van der Waals surface area contributed by atoms with Crippen molar-refractivity contribution in [3.8, 4) is 22.8 Å². The molecule has 1 aliphatic carbocycles. The predicted octanol–water partition coefficient (Wildman–Crippen LogP) is -1.53. The van der Waals surface area contributed by atoms with Crippen LogP contribution in [0.4, 0.5) is 0 Å². The minimum Gasteiger partial charge on any atom is -0.549 e. The number of hydrogen-bond acceptors (Lipinski definition) is 15. The van der Waals surface area contributed by atoms with E-state index >= 15 is 0 Å². The van der Waals surface area contributed by atoms with Crippen LogP contribution in [0.2, 0.25) is 0 Å². The first-order valence-electron chi connectivity index (χ1n) is 16.7. The van der Waals surface area contributed by atoms with Gasteiger partial charge in [0.1, 0.15) is 6.10 Å². The summed E-state index contributed by atoms with van der Waals surface area (Å²) in [6.07, 6.45) is -0.466. The number of aromatic nitrogens is 3. The topological polar surface area (TPSA) is 224 Å².